The number of alkyl halides is 3. The molecule has 0 radical (unpaired) electrons. The van der Waals surface area contributed by atoms with Crippen molar-refractivity contribution in [1.82, 2.24) is 19.9 Å². The molecule has 10 heteroatoms. The summed E-state index contributed by atoms with van der Waals surface area (Å²) in [5, 5.41) is 5.89. The second kappa shape index (κ2) is 7.10. The molecule has 28 heavy (non-hydrogen) atoms. The molecule has 148 valence electrons. The Bertz CT molecular complexity index is 1050. The van der Waals surface area contributed by atoms with Crippen molar-refractivity contribution in [3.8, 4) is 17.0 Å². The van der Waals surface area contributed by atoms with Gasteiger partial charge in [-0.25, -0.2) is 13.9 Å². The number of benzene rings is 1. The Morgan fingerprint density at radius 1 is 1.25 bits per heavy atom. The topological polar surface area (TPSA) is 68.5 Å². The summed E-state index contributed by atoms with van der Waals surface area (Å²) in [4.78, 5) is 16.6. The first kappa shape index (κ1) is 19.6. The van der Waals surface area contributed by atoms with Crippen molar-refractivity contribution in [2.24, 2.45) is 0 Å². The molecule has 1 amide bonds. The van der Waals surface area contributed by atoms with Gasteiger partial charge >= 0.3 is 6.18 Å². The molecule has 0 aliphatic carbocycles. The molecule has 0 fully saturated rings. The Hall–Kier alpha value is -3.17. The number of hydrogen-bond acceptors (Lipinski definition) is 4. The van der Waals surface area contributed by atoms with Crippen LogP contribution in [0.25, 0.3) is 16.9 Å². The smallest absolute Gasteiger partial charge is 0.408 e. The maximum absolute atomic E-state index is 13.8. The number of halogens is 4. The lowest BCUT2D eigenvalue weighted by Gasteiger charge is -2.16. The first-order chi connectivity index (χ1) is 13.1. The Labute approximate surface area is 157 Å². The van der Waals surface area contributed by atoms with Crippen LogP contribution >= 0.6 is 0 Å². The van der Waals surface area contributed by atoms with Crippen molar-refractivity contribution < 1.29 is 27.1 Å². The number of rotatable bonds is 4. The van der Waals surface area contributed by atoms with Gasteiger partial charge in [-0.1, -0.05) is 0 Å². The van der Waals surface area contributed by atoms with Gasteiger partial charge < -0.3 is 10.1 Å². The predicted octanol–water partition coefficient (Wildman–Crippen LogP) is 3.53. The quantitative estimate of drug-likeness (QED) is 0.685. The molecule has 3 rings (SSSR count). The van der Waals surface area contributed by atoms with E-state index in [1.54, 1.807) is 19.1 Å². The van der Waals surface area contributed by atoms with Crippen LogP contribution in [0, 0.1) is 12.7 Å². The van der Waals surface area contributed by atoms with Crippen molar-refractivity contribution >= 4 is 11.6 Å². The number of carbonyl (C=O) groups is 1. The molecule has 0 saturated carbocycles. The van der Waals surface area contributed by atoms with Crippen molar-refractivity contribution in [3.05, 3.63) is 47.5 Å². The summed E-state index contributed by atoms with van der Waals surface area (Å²) in [6.45, 7) is 2.52. The van der Waals surface area contributed by atoms with E-state index in [0.717, 1.165) is 13.1 Å². The summed E-state index contributed by atoms with van der Waals surface area (Å²) >= 11 is 0. The minimum absolute atomic E-state index is 0.0603. The number of nitrogens with zero attached hydrogens (tertiary/aromatic N) is 3. The minimum atomic E-state index is -4.58. The molecule has 0 aliphatic heterocycles. The van der Waals surface area contributed by atoms with Crippen LogP contribution in [0.15, 0.2) is 30.5 Å². The van der Waals surface area contributed by atoms with E-state index >= 15 is 0 Å². The van der Waals surface area contributed by atoms with E-state index in [1.165, 1.54) is 23.8 Å². The largest absolute Gasteiger partial charge is 0.497 e. The van der Waals surface area contributed by atoms with Crippen LogP contribution in [0.3, 0.4) is 0 Å². The predicted molar refractivity (Wildman–Crippen MR) is 92.7 cm³/mol. The van der Waals surface area contributed by atoms with Crippen LogP contribution in [0.4, 0.5) is 17.6 Å². The number of methoxy groups -OCH3 is 1. The van der Waals surface area contributed by atoms with Gasteiger partial charge in [-0.05, 0) is 32.0 Å². The molecule has 0 saturated heterocycles. The van der Waals surface area contributed by atoms with Gasteiger partial charge in [0.15, 0.2) is 5.65 Å². The fourth-order valence-electron chi connectivity index (χ4n) is 2.61. The highest BCUT2D eigenvalue weighted by atomic mass is 19.4. The lowest BCUT2D eigenvalue weighted by atomic mass is 10.1. The summed E-state index contributed by atoms with van der Waals surface area (Å²) < 4.78 is 58.4. The van der Waals surface area contributed by atoms with Gasteiger partial charge in [0, 0.05) is 17.3 Å². The number of nitrogens with one attached hydrogen (secondary N) is 1. The molecule has 6 nitrogen and oxygen atoms in total. The molecule has 0 aliphatic rings. The molecule has 1 unspecified atom stereocenters. The van der Waals surface area contributed by atoms with Crippen LogP contribution in [0.5, 0.6) is 5.75 Å². The lowest BCUT2D eigenvalue weighted by Crippen LogP contribution is -2.43. The maximum atomic E-state index is 13.8. The summed E-state index contributed by atoms with van der Waals surface area (Å²) in [6.07, 6.45) is -3.44. The van der Waals surface area contributed by atoms with Crippen LogP contribution < -0.4 is 10.1 Å². The van der Waals surface area contributed by atoms with Gasteiger partial charge in [-0.15, -0.1) is 0 Å². The highest BCUT2D eigenvalue weighted by Gasteiger charge is 2.37. The molecule has 2 heterocycles. The normalized spacial score (nSPS) is 12.8. The summed E-state index contributed by atoms with van der Waals surface area (Å²) in [5.74, 6) is -1.22. The number of fused-ring (bicyclic) bond motifs is 1. The molecule has 0 bridgehead atoms. The highest BCUT2D eigenvalue weighted by molar-refractivity contribution is 6.00. The maximum Gasteiger partial charge on any atom is 0.408 e. The van der Waals surface area contributed by atoms with E-state index in [4.69, 9.17) is 4.74 Å². The Morgan fingerprint density at radius 2 is 1.96 bits per heavy atom. The van der Waals surface area contributed by atoms with Crippen molar-refractivity contribution in [1.29, 1.82) is 0 Å². The monoisotopic (exact) mass is 396 g/mol. The van der Waals surface area contributed by atoms with Gasteiger partial charge in [0.25, 0.3) is 5.91 Å². The molecule has 1 aromatic carbocycles. The molecule has 1 N–H and O–H groups in total. The molecule has 2 aromatic heterocycles. The average Bonchev–Trinajstić information content (AvgIpc) is 3.04. The number of ether oxygens (including phenoxy) is 1. The van der Waals surface area contributed by atoms with E-state index in [-0.39, 0.29) is 17.0 Å². The van der Waals surface area contributed by atoms with Crippen LogP contribution in [0.1, 0.15) is 23.0 Å². The number of hydrogen-bond donors (Lipinski definition) is 1. The first-order valence-corrected chi connectivity index (χ1v) is 8.18. The van der Waals surface area contributed by atoms with Crippen LogP contribution in [0.2, 0.25) is 0 Å². The van der Waals surface area contributed by atoms with Crippen molar-refractivity contribution in [2.75, 3.05) is 7.11 Å². The second-order valence-electron chi connectivity index (χ2n) is 6.19. The Kier molecular flexibility index (Phi) is 4.97. The van der Waals surface area contributed by atoms with E-state index in [9.17, 15) is 22.4 Å². The third-order valence-corrected chi connectivity index (χ3v) is 4.14. The fourth-order valence-corrected chi connectivity index (χ4v) is 2.61. The third kappa shape index (κ3) is 3.75. The average molecular weight is 396 g/mol. The number of aromatic nitrogens is 3. The Balaban J connectivity index is 2.06. The van der Waals surface area contributed by atoms with E-state index in [0.29, 0.717) is 17.0 Å². The molecule has 3 aromatic rings. The standard InChI is InChI=1S/C18H16F4N4O2/c1-9-4-15(11-5-12(19)7-13(6-11)28-3)25-16-14(8-23-26(9)16)17(27)24-10(2)18(20,21)22/h4-8,10H,1-3H3,(H,24,27). The molecule has 0 spiro atoms. The van der Waals surface area contributed by atoms with Gasteiger partial charge in [0.05, 0.1) is 19.0 Å². The van der Waals surface area contributed by atoms with Crippen LogP contribution in [-0.4, -0.2) is 39.8 Å². The summed E-state index contributed by atoms with van der Waals surface area (Å²) in [6, 6.07) is 3.58. The number of amides is 1. The van der Waals surface area contributed by atoms with Crippen LogP contribution in [-0.2, 0) is 0 Å². The Morgan fingerprint density at radius 3 is 2.61 bits per heavy atom. The third-order valence-electron chi connectivity index (χ3n) is 4.14. The van der Waals surface area contributed by atoms with Gasteiger partial charge in [0.2, 0.25) is 0 Å². The SMILES string of the molecule is COc1cc(F)cc(-c2cc(C)n3ncc(C(=O)NC(C)C(F)(F)F)c3n2)c1. The van der Waals surface area contributed by atoms with E-state index in [1.807, 2.05) is 5.32 Å². The van der Waals surface area contributed by atoms with Gasteiger partial charge in [-0.3, -0.25) is 4.79 Å². The van der Waals surface area contributed by atoms with Crippen molar-refractivity contribution in [2.45, 2.75) is 26.1 Å². The fraction of sp³-hybridized carbons (Fsp3) is 0.278. The zero-order valence-electron chi connectivity index (χ0n) is 15.1. The summed E-state index contributed by atoms with van der Waals surface area (Å²) in [5.41, 5.74) is 1.21. The first-order valence-electron chi connectivity index (χ1n) is 8.18. The van der Waals surface area contributed by atoms with Crippen molar-refractivity contribution in [3.63, 3.8) is 0 Å². The zero-order valence-corrected chi connectivity index (χ0v) is 15.1. The molecule has 1 atom stereocenters. The summed E-state index contributed by atoms with van der Waals surface area (Å²) in [7, 11) is 1.39. The number of aryl methyl sites for hydroxylation is 1. The molecular formula is C18H16F4N4O2. The van der Waals surface area contributed by atoms with Gasteiger partial charge in [-0.2, -0.15) is 18.3 Å². The van der Waals surface area contributed by atoms with E-state index in [2.05, 4.69) is 10.1 Å². The molecular weight excluding hydrogens is 380 g/mol. The highest BCUT2D eigenvalue weighted by Crippen LogP contribution is 2.26. The second-order valence-corrected chi connectivity index (χ2v) is 6.19. The lowest BCUT2D eigenvalue weighted by molar-refractivity contribution is -0.149. The van der Waals surface area contributed by atoms with Gasteiger partial charge in [0.1, 0.15) is 23.2 Å². The number of carbonyl (C=O) groups excluding carboxylic acids is 1. The zero-order chi connectivity index (χ0) is 20.6. The minimum Gasteiger partial charge on any atom is -0.497 e. The van der Waals surface area contributed by atoms with E-state index < -0.39 is 23.9 Å².